The van der Waals surface area contributed by atoms with Crippen LogP contribution in [-0.2, 0) is 19.1 Å². The van der Waals surface area contributed by atoms with E-state index in [1.807, 2.05) is 0 Å². The lowest BCUT2D eigenvalue weighted by molar-refractivity contribution is -0.223. The SMILES string of the molecule is CCOC(=O)O[C@]1(C(=O)SCC(=O)c2ccc(F)cc2)[C@H](C)C[C@H]2[C@@H]3C[C@H](F)C4=CC(=O)C=C[C@]4(C)[C@@]3(F)[C@@H](O)C[C@@]21C. The highest BCUT2D eigenvalue weighted by Crippen LogP contribution is 2.72. The molecule has 3 saturated carbocycles. The molecule has 11 heteroatoms. The first-order chi connectivity index (χ1) is 20.2. The number of aliphatic hydroxyl groups is 1. The molecule has 0 bridgehead atoms. The summed E-state index contributed by atoms with van der Waals surface area (Å²) < 4.78 is 57.7. The summed E-state index contributed by atoms with van der Waals surface area (Å²) in [6.07, 6.45) is -1.36. The van der Waals surface area contributed by atoms with Gasteiger partial charge in [-0.25, -0.2) is 18.0 Å². The third kappa shape index (κ3) is 4.52. The molecule has 1 aromatic carbocycles. The summed E-state index contributed by atoms with van der Waals surface area (Å²) in [6.45, 7) is 6.32. The van der Waals surface area contributed by atoms with E-state index >= 15 is 8.78 Å². The molecule has 1 aromatic rings. The summed E-state index contributed by atoms with van der Waals surface area (Å²) in [4.78, 5) is 52.0. The van der Waals surface area contributed by atoms with Crippen molar-refractivity contribution in [1.82, 2.24) is 0 Å². The number of Topliss-reactive ketones (excluding diaryl/α,β-unsaturated/α-hetero) is 1. The second-order valence-corrected chi connectivity index (χ2v) is 13.5. The minimum absolute atomic E-state index is 0.0209. The van der Waals surface area contributed by atoms with E-state index in [0.29, 0.717) is 11.8 Å². The Bertz CT molecular complexity index is 1410. The Morgan fingerprint density at radius 3 is 2.44 bits per heavy atom. The molecule has 1 N–H and O–H groups in total. The zero-order chi connectivity index (χ0) is 31.5. The molecule has 3 fully saturated rings. The maximum Gasteiger partial charge on any atom is 0.509 e. The molecule has 0 aromatic heterocycles. The lowest BCUT2D eigenvalue weighted by Crippen LogP contribution is -2.70. The number of thioether (sulfide) groups is 1. The molecular weight excluding hydrogens is 585 g/mol. The molecular formula is C32H35F3O7S. The third-order valence-corrected chi connectivity index (χ3v) is 11.5. The van der Waals surface area contributed by atoms with Gasteiger partial charge < -0.3 is 14.6 Å². The molecule has 0 spiro atoms. The maximum atomic E-state index is 17.6. The molecule has 4 aliphatic rings. The number of ketones is 2. The standard InChI is InChI=1S/C32H35F3O7S/c1-5-41-28(40)42-32(27(39)43-16-25(37)18-6-8-19(33)9-7-18)17(2)12-21-22-14-24(34)23-13-20(36)10-11-29(23,3)31(22,35)26(38)15-30(21,32)4/h6-11,13,17,21-22,24,26,38H,5,12,14-16H2,1-4H3/t17-,21+,22+,24+,26+,29+,30+,31+,32+/m1/s1. The molecule has 9 atom stereocenters. The lowest BCUT2D eigenvalue weighted by atomic mass is 9.44. The van der Waals surface area contributed by atoms with E-state index in [1.165, 1.54) is 31.2 Å². The predicted octanol–water partition coefficient (Wildman–Crippen LogP) is 5.74. The number of hydrogen-bond acceptors (Lipinski definition) is 8. The van der Waals surface area contributed by atoms with Gasteiger partial charge in [-0.05, 0) is 81.0 Å². The number of ether oxygens (including phenoxy) is 2. The number of carbonyl (C=O) groups is 4. The number of hydrogen-bond donors (Lipinski definition) is 1. The van der Waals surface area contributed by atoms with Gasteiger partial charge in [0.1, 0.15) is 12.0 Å². The summed E-state index contributed by atoms with van der Waals surface area (Å²) in [5.74, 6) is -4.30. The lowest BCUT2D eigenvalue weighted by Gasteiger charge is -2.63. The van der Waals surface area contributed by atoms with Gasteiger partial charge >= 0.3 is 6.16 Å². The highest BCUT2D eigenvalue weighted by Gasteiger charge is 2.78. The van der Waals surface area contributed by atoms with Crippen LogP contribution in [0.2, 0.25) is 0 Å². The Kier molecular flexibility index (Phi) is 7.99. The number of fused-ring (bicyclic) bond motifs is 5. The highest BCUT2D eigenvalue weighted by atomic mass is 32.2. The molecule has 0 radical (unpaired) electrons. The molecule has 0 unspecified atom stereocenters. The average Bonchev–Trinajstić information content (AvgIpc) is 3.17. The summed E-state index contributed by atoms with van der Waals surface area (Å²) in [5, 5.41) is 11.0. The van der Waals surface area contributed by atoms with Crippen molar-refractivity contribution in [2.24, 2.45) is 28.6 Å². The monoisotopic (exact) mass is 620 g/mol. The van der Waals surface area contributed by atoms with Crippen molar-refractivity contribution in [1.29, 1.82) is 0 Å². The number of rotatable bonds is 6. The summed E-state index contributed by atoms with van der Waals surface area (Å²) >= 11 is 0.623. The number of carbonyl (C=O) groups excluding carboxylic acids is 4. The minimum atomic E-state index is -2.38. The minimum Gasteiger partial charge on any atom is -0.435 e. The van der Waals surface area contributed by atoms with Crippen molar-refractivity contribution in [3.05, 3.63) is 59.4 Å². The zero-order valence-electron chi connectivity index (χ0n) is 24.4. The highest BCUT2D eigenvalue weighted by molar-refractivity contribution is 8.14. The summed E-state index contributed by atoms with van der Waals surface area (Å²) in [5.41, 5.74) is -7.13. The first kappa shape index (κ1) is 31.5. The first-order valence-corrected chi connectivity index (χ1v) is 15.4. The van der Waals surface area contributed by atoms with Gasteiger partial charge in [0.05, 0.1) is 18.5 Å². The number of allylic oxidation sites excluding steroid dienone is 4. The molecule has 0 amide bonds. The molecule has 43 heavy (non-hydrogen) atoms. The van der Waals surface area contributed by atoms with Gasteiger partial charge in [-0.3, -0.25) is 14.4 Å². The molecule has 5 rings (SSSR count). The van der Waals surface area contributed by atoms with Crippen LogP contribution < -0.4 is 0 Å². The Labute approximate surface area is 252 Å². The third-order valence-electron chi connectivity index (χ3n) is 10.5. The van der Waals surface area contributed by atoms with Gasteiger partial charge in [-0.2, -0.15) is 0 Å². The van der Waals surface area contributed by atoms with Crippen molar-refractivity contribution in [3.8, 4) is 0 Å². The maximum absolute atomic E-state index is 17.6. The van der Waals surface area contributed by atoms with Crippen LogP contribution in [0.15, 0.2) is 48.1 Å². The van der Waals surface area contributed by atoms with E-state index in [2.05, 4.69) is 0 Å². The Morgan fingerprint density at radius 1 is 1.12 bits per heavy atom. The van der Waals surface area contributed by atoms with E-state index in [9.17, 15) is 28.7 Å². The second-order valence-electron chi connectivity index (χ2n) is 12.5. The van der Waals surface area contributed by atoms with Crippen LogP contribution in [0, 0.1) is 34.4 Å². The van der Waals surface area contributed by atoms with E-state index in [4.69, 9.17) is 9.47 Å². The number of halogens is 3. The first-order valence-electron chi connectivity index (χ1n) is 14.4. The van der Waals surface area contributed by atoms with Crippen molar-refractivity contribution < 1.29 is 46.9 Å². The molecule has 0 heterocycles. The van der Waals surface area contributed by atoms with E-state index in [1.54, 1.807) is 20.8 Å². The molecule has 4 aliphatic carbocycles. The van der Waals surface area contributed by atoms with Crippen LogP contribution in [0.5, 0.6) is 0 Å². The van der Waals surface area contributed by atoms with E-state index in [-0.39, 0.29) is 42.8 Å². The van der Waals surface area contributed by atoms with Crippen molar-refractivity contribution in [2.75, 3.05) is 12.4 Å². The molecule has 7 nitrogen and oxygen atoms in total. The normalized spacial score (nSPS) is 39.7. The fraction of sp³-hybridized carbons (Fsp3) is 0.562. The smallest absolute Gasteiger partial charge is 0.435 e. The van der Waals surface area contributed by atoms with Crippen LogP contribution in [0.25, 0.3) is 0 Å². The fourth-order valence-electron chi connectivity index (χ4n) is 8.45. The van der Waals surface area contributed by atoms with Gasteiger partial charge in [0, 0.05) is 28.2 Å². The number of benzene rings is 1. The van der Waals surface area contributed by atoms with E-state index in [0.717, 1.165) is 18.2 Å². The van der Waals surface area contributed by atoms with Crippen LogP contribution in [-0.4, -0.2) is 63.8 Å². The van der Waals surface area contributed by atoms with Crippen LogP contribution in [0.1, 0.15) is 57.3 Å². The average molecular weight is 621 g/mol. The number of alkyl halides is 2. The topological polar surface area (TPSA) is 107 Å². The Balaban J connectivity index is 1.54. The van der Waals surface area contributed by atoms with Crippen molar-refractivity contribution >= 4 is 34.6 Å². The predicted molar refractivity (Wildman–Crippen MR) is 152 cm³/mol. The van der Waals surface area contributed by atoms with Gasteiger partial charge in [-0.15, -0.1) is 0 Å². The Hall–Kier alpha value is -2.92. The fourth-order valence-corrected chi connectivity index (χ4v) is 9.57. The van der Waals surface area contributed by atoms with Crippen LogP contribution >= 0.6 is 11.8 Å². The zero-order valence-corrected chi connectivity index (χ0v) is 25.2. The Morgan fingerprint density at radius 2 is 1.79 bits per heavy atom. The quantitative estimate of drug-likeness (QED) is 0.317. The van der Waals surface area contributed by atoms with Crippen LogP contribution in [0.3, 0.4) is 0 Å². The molecule has 232 valence electrons. The summed E-state index contributed by atoms with van der Waals surface area (Å²) in [7, 11) is 0. The second kappa shape index (κ2) is 10.9. The van der Waals surface area contributed by atoms with Crippen molar-refractivity contribution in [2.45, 2.75) is 70.5 Å². The van der Waals surface area contributed by atoms with E-state index < -0.39 is 80.8 Å². The van der Waals surface area contributed by atoms with Crippen molar-refractivity contribution in [3.63, 3.8) is 0 Å². The largest absolute Gasteiger partial charge is 0.509 e. The molecule has 0 saturated heterocycles. The van der Waals surface area contributed by atoms with Gasteiger partial charge in [-0.1, -0.05) is 31.7 Å². The van der Waals surface area contributed by atoms with Gasteiger partial charge in [0.15, 0.2) is 22.8 Å². The summed E-state index contributed by atoms with van der Waals surface area (Å²) in [6, 6.07) is 4.86. The molecule has 0 aliphatic heterocycles. The van der Waals surface area contributed by atoms with Crippen LogP contribution in [0.4, 0.5) is 18.0 Å². The van der Waals surface area contributed by atoms with Gasteiger partial charge in [0.25, 0.3) is 0 Å². The van der Waals surface area contributed by atoms with Gasteiger partial charge in [0.2, 0.25) is 5.12 Å². The number of aliphatic hydroxyl groups excluding tert-OH is 1.